The zero-order valence-electron chi connectivity index (χ0n) is 31.0. The van der Waals surface area contributed by atoms with Crippen molar-refractivity contribution in [1.29, 1.82) is 0 Å². The summed E-state index contributed by atoms with van der Waals surface area (Å²) in [6.45, 7) is 4.70. The van der Waals surface area contributed by atoms with Crippen LogP contribution in [0.15, 0.2) is 200 Å². The molecule has 8 aromatic rings. The summed E-state index contributed by atoms with van der Waals surface area (Å²) in [5.41, 5.74) is 15.3. The molecule has 2 atom stereocenters. The summed E-state index contributed by atoms with van der Waals surface area (Å²) in [6, 6.07) is 58.3. The first-order chi connectivity index (χ1) is 27.1. The number of nitrogens with zero attached hydrogens (tertiary/aromatic N) is 2. The normalized spacial score (nSPS) is 17.9. The monoisotopic (exact) mass is 704 g/mol. The average molecular weight is 705 g/mol. The van der Waals surface area contributed by atoms with Crippen molar-refractivity contribution in [2.45, 2.75) is 25.3 Å². The number of anilines is 3. The van der Waals surface area contributed by atoms with Crippen LogP contribution >= 0.6 is 0 Å². The third-order valence-corrected chi connectivity index (χ3v) is 12.4. The molecule has 0 N–H and O–H groups in total. The van der Waals surface area contributed by atoms with Crippen LogP contribution in [0.2, 0.25) is 0 Å². The molecule has 262 valence electrons. The highest BCUT2D eigenvalue weighted by molar-refractivity contribution is 6.09. The fraction of sp³-hybridized carbons (Fsp3) is 0.0943. The molecule has 0 saturated heterocycles. The first kappa shape index (κ1) is 31.8. The van der Waals surface area contributed by atoms with Gasteiger partial charge in [0, 0.05) is 49.9 Å². The molecule has 11 rings (SSSR count). The van der Waals surface area contributed by atoms with Crippen LogP contribution in [-0.2, 0) is 5.41 Å². The maximum Gasteiger partial charge on any atom is 0.0629 e. The molecule has 2 heteroatoms. The fourth-order valence-corrected chi connectivity index (χ4v) is 9.87. The second-order valence-electron chi connectivity index (χ2n) is 15.6. The van der Waals surface area contributed by atoms with E-state index in [1.54, 1.807) is 0 Å². The van der Waals surface area contributed by atoms with Gasteiger partial charge >= 0.3 is 0 Å². The summed E-state index contributed by atoms with van der Waals surface area (Å²) < 4.78 is 2.56. The van der Waals surface area contributed by atoms with Gasteiger partial charge in [-0.1, -0.05) is 166 Å². The zero-order chi connectivity index (χ0) is 36.7. The predicted molar refractivity (Wildman–Crippen MR) is 233 cm³/mol. The van der Waals surface area contributed by atoms with Crippen LogP contribution in [0, 0.1) is 5.92 Å². The maximum atomic E-state index is 2.56. The number of aromatic nitrogens is 1. The summed E-state index contributed by atoms with van der Waals surface area (Å²) in [5.74, 6) is 0.196. The molecule has 55 heavy (non-hydrogen) atoms. The van der Waals surface area contributed by atoms with E-state index in [-0.39, 0.29) is 17.4 Å². The van der Waals surface area contributed by atoms with Gasteiger partial charge in [-0.3, -0.25) is 0 Å². The van der Waals surface area contributed by atoms with E-state index in [1.165, 1.54) is 77.2 Å². The number of hydrogen-bond donors (Lipinski definition) is 0. The Morgan fingerprint density at radius 2 is 1.15 bits per heavy atom. The van der Waals surface area contributed by atoms with Gasteiger partial charge in [-0.15, -0.1) is 0 Å². The molecule has 1 heterocycles. The fourth-order valence-electron chi connectivity index (χ4n) is 9.87. The van der Waals surface area contributed by atoms with Crippen LogP contribution in [0.4, 0.5) is 17.1 Å². The zero-order valence-corrected chi connectivity index (χ0v) is 31.0. The Labute approximate surface area is 322 Å². The molecule has 0 fully saturated rings. The van der Waals surface area contributed by atoms with Crippen LogP contribution in [0.5, 0.6) is 0 Å². The first-order valence-corrected chi connectivity index (χ1v) is 19.4. The molecule has 0 bridgehead atoms. The van der Waals surface area contributed by atoms with Crippen molar-refractivity contribution in [2.24, 2.45) is 5.92 Å². The molecule has 7 aromatic carbocycles. The quantitative estimate of drug-likeness (QED) is 0.173. The van der Waals surface area contributed by atoms with Crippen molar-refractivity contribution in [3.05, 3.63) is 216 Å². The smallest absolute Gasteiger partial charge is 0.0629 e. The van der Waals surface area contributed by atoms with E-state index in [2.05, 4.69) is 217 Å². The number of hydrogen-bond acceptors (Lipinski definition) is 1. The van der Waals surface area contributed by atoms with Crippen LogP contribution in [0.25, 0.3) is 49.3 Å². The van der Waals surface area contributed by atoms with Gasteiger partial charge in [0.2, 0.25) is 0 Å². The SMILES string of the molecule is CC1(C)c2ccccc2-c2cc(N(c3ccccc3)c3ccc(C4=C5C=CC=CC5C(n5c6ccccc6c6ccccc65)C=C4)c4ccccc34)ccc21. The second-order valence-corrected chi connectivity index (χ2v) is 15.6. The highest BCUT2D eigenvalue weighted by atomic mass is 15.1. The summed E-state index contributed by atoms with van der Waals surface area (Å²) in [4.78, 5) is 2.44. The molecule has 3 aliphatic rings. The van der Waals surface area contributed by atoms with Crippen molar-refractivity contribution in [1.82, 2.24) is 4.57 Å². The van der Waals surface area contributed by atoms with Crippen molar-refractivity contribution >= 4 is 55.2 Å². The lowest BCUT2D eigenvalue weighted by molar-refractivity contribution is 0.536. The minimum Gasteiger partial charge on any atom is -0.332 e. The van der Waals surface area contributed by atoms with E-state index in [4.69, 9.17) is 0 Å². The van der Waals surface area contributed by atoms with Crippen molar-refractivity contribution < 1.29 is 0 Å². The molecule has 0 radical (unpaired) electrons. The highest BCUT2D eigenvalue weighted by Crippen LogP contribution is 2.52. The molecule has 1 aromatic heterocycles. The number of benzene rings is 7. The van der Waals surface area contributed by atoms with Gasteiger partial charge in [0.15, 0.2) is 0 Å². The van der Waals surface area contributed by atoms with Crippen molar-refractivity contribution in [3.8, 4) is 11.1 Å². The molecular formula is C53H40N2. The van der Waals surface area contributed by atoms with Gasteiger partial charge in [0.05, 0.1) is 11.7 Å². The minimum atomic E-state index is -0.0417. The van der Waals surface area contributed by atoms with E-state index in [0.717, 1.165) is 11.4 Å². The van der Waals surface area contributed by atoms with Crippen molar-refractivity contribution in [3.63, 3.8) is 0 Å². The third kappa shape index (κ3) is 4.74. The predicted octanol–water partition coefficient (Wildman–Crippen LogP) is 14.0. The second kappa shape index (κ2) is 12.2. The van der Waals surface area contributed by atoms with Gasteiger partial charge in [0.25, 0.3) is 0 Å². The standard InChI is InChI=1S/C53H40N2/c1-53(2)47-25-13-10-20-41(47)46-34-36(28-31-48(46)53)54(35-16-4-3-5-17-35)51-32-29-39(37-18-6-8-21-42(37)51)40-30-33-52(43-22-9-7-19-38(40)43)55-49-26-14-11-23-44(49)45-24-12-15-27-50(45)55/h3-34,43,52H,1-2H3. The number of para-hydroxylation sites is 3. The van der Waals surface area contributed by atoms with Crippen LogP contribution in [0.1, 0.15) is 36.6 Å². The summed E-state index contributed by atoms with van der Waals surface area (Å²) >= 11 is 0. The van der Waals surface area contributed by atoms with Gasteiger partial charge in [-0.2, -0.15) is 0 Å². The van der Waals surface area contributed by atoms with E-state index in [1.807, 2.05) is 0 Å². The topological polar surface area (TPSA) is 8.17 Å². The molecule has 0 saturated carbocycles. The Bertz CT molecular complexity index is 2910. The summed E-state index contributed by atoms with van der Waals surface area (Å²) in [7, 11) is 0. The number of rotatable bonds is 5. The Morgan fingerprint density at radius 1 is 0.491 bits per heavy atom. The Balaban J connectivity index is 1.07. The Morgan fingerprint density at radius 3 is 1.93 bits per heavy atom. The summed E-state index contributed by atoms with van der Waals surface area (Å²) in [5, 5.41) is 5.08. The van der Waals surface area contributed by atoms with Gasteiger partial charge in [0.1, 0.15) is 0 Å². The molecule has 0 amide bonds. The minimum absolute atomic E-state index is 0.0417. The van der Waals surface area contributed by atoms with E-state index in [9.17, 15) is 0 Å². The summed E-state index contributed by atoms with van der Waals surface area (Å²) in [6.07, 6.45) is 14.0. The number of allylic oxidation sites excluding steroid dienone is 8. The van der Waals surface area contributed by atoms with E-state index in [0.29, 0.717) is 0 Å². The Kier molecular flexibility index (Phi) is 7.06. The lowest BCUT2D eigenvalue weighted by Crippen LogP contribution is -2.22. The maximum absolute atomic E-state index is 2.56. The van der Waals surface area contributed by atoms with Gasteiger partial charge in [-0.25, -0.2) is 0 Å². The molecular weight excluding hydrogens is 665 g/mol. The van der Waals surface area contributed by atoms with Crippen LogP contribution in [0.3, 0.4) is 0 Å². The first-order valence-electron chi connectivity index (χ1n) is 19.4. The highest BCUT2D eigenvalue weighted by Gasteiger charge is 2.36. The molecule has 2 unspecified atom stereocenters. The molecule has 3 aliphatic carbocycles. The molecule has 0 spiro atoms. The molecule has 0 aliphatic heterocycles. The van der Waals surface area contributed by atoms with Gasteiger partial charge in [-0.05, 0) is 86.8 Å². The van der Waals surface area contributed by atoms with E-state index >= 15 is 0 Å². The Hall–Kier alpha value is -6.64. The lowest BCUT2D eigenvalue weighted by Gasteiger charge is -2.33. The van der Waals surface area contributed by atoms with Gasteiger partial charge < -0.3 is 9.47 Å². The molecule has 2 nitrogen and oxygen atoms in total. The lowest BCUT2D eigenvalue weighted by atomic mass is 9.78. The van der Waals surface area contributed by atoms with Crippen LogP contribution in [-0.4, -0.2) is 4.57 Å². The third-order valence-electron chi connectivity index (χ3n) is 12.4. The average Bonchev–Trinajstić information content (AvgIpc) is 3.69. The van der Waals surface area contributed by atoms with Crippen molar-refractivity contribution in [2.75, 3.05) is 4.90 Å². The van der Waals surface area contributed by atoms with E-state index < -0.39 is 0 Å². The van der Waals surface area contributed by atoms with Crippen LogP contribution < -0.4 is 4.90 Å². The largest absolute Gasteiger partial charge is 0.332 e. The number of fused-ring (bicyclic) bond motifs is 8.